The van der Waals surface area contributed by atoms with Crippen LogP contribution in [0.1, 0.15) is 107 Å². The Bertz CT molecular complexity index is 1360. The van der Waals surface area contributed by atoms with Crippen molar-refractivity contribution in [1.82, 2.24) is 0 Å². The monoisotopic (exact) mass is 770 g/mol. The highest BCUT2D eigenvalue weighted by Gasteiger charge is 2.73. The number of hydrogen-bond acceptors (Lipinski definition) is 13. The Morgan fingerprint density at radius 1 is 0.778 bits per heavy atom. The first-order valence-corrected chi connectivity index (χ1v) is 20.4. The van der Waals surface area contributed by atoms with E-state index in [4.69, 9.17) is 18.9 Å². The Labute approximate surface area is 320 Å². The fourth-order valence-electron chi connectivity index (χ4n) is 13.2. The standard InChI is InChI=1S/C41H70O13/c1-20(2)10-9-13-41(8,54-36-33(50)31(48)30(47)25(53-36)19-51-35-32(49)29(46)24(18-42)52-35)21-11-15-39(6)28(21)22(43)16-26-38(5)14-12-27(45)37(3,4)34(38)23(44)17-40(26,39)7/h10,21-36,42-50H,9,11-19H2,1-8H3/t21-,22-,23-,24+,25+,26-,27+,28+,29+,30+,31-,32+,33+,34+,35-,36-,38+,39-,40+,41+/m1/s1. The van der Waals surface area contributed by atoms with E-state index in [2.05, 4.69) is 40.7 Å². The molecule has 4 saturated carbocycles. The summed E-state index contributed by atoms with van der Waals surface area (Å²) in [5, 5.41) is 98.8. The molecule has 2 aliphatic heterocycles. The summed E-state index contributed by atoms with van der Waals surface area (Å²) in [6.45, 7) is 16.1. The van der Waals surface area contributed by atoms with Gasteiger partial charge in [0.05, 0.1) is 37.1 Å². The van der Waals surface area contributed by atoms with E-state index in [0.717, 1.165) is 24.8 Å². The molecule has 2 saturated heterocycles. The number of hydrogen-bond donors (Lipinski definition) is 9. The summed E-state index contributed by atoms with van der Waals surface area (Å²) in [7, 11) is 0. The van der Waals surface area contributed by atoms with Gasteiger partial charge in [-0.15, -0.1) is 0 Å². The molecule has 2 heterocycles. The zero-order chi connectivity index (χ0) is 39.9. The third-order valence-electron chi connectivity index (χ3n) is 16.2. The minimum Gasteiger partial charge on any atom is -0.394 e. The summed E-state index contributed by atoms with van der Waals surface area (Å²) in [5.41, 5.74) is -1.30. The quantitative estimate of drug-likeness (QED) is 0.145. The van der Waals surface area contributed by atoms with Crippen molar-refractivity contribution in [1.29, 1.82) is 0 Å². The maximum Gasteiger partial charge on any atom is 0.187 e. The Balaban J connectivity index is 1.28. The zero-order valence-electron chi connectivity index (χ0n) is 33.5. The van der Waals surface area contributed by atoms with Gasteiger partial charge in [0.1, 0.15) is 42.7 Å². The molecule has 0 aromatic heterocycles. The van der Waals surface area contributed by atoms with Gasteiger partial charge in [-0.2, -0.15) is 0 Å². The van der Waals surface area contributed by atoms with Crippen LogP contribution in [0.25, 0.3) is 0 Å². The molecular formula is C41H70O13. The number of aliphatic hydroxyl groups excluding tert-OH is 9. The lowest BCUT2D eigenvalue weighted by molar-refractivity contribution is -0.341. The first-order chi connectivity index (χ1) is 25.1. The van der Waals surface area contributed by atoms with Gasteiger partial charge in [-0.25, -0.2) is 0 Å². The molecule has 54 heavy (non-hydrogen) atoms. The number of ether oxygens (including phenoxy) is 4. The maximum absolute atomic E-state index is 12.4. The molecule has 6 aliphatic rings. The van der Waals surface area contributed by atoms with E-state index in [0.29, 0.717) is 32.1 Å². The zero-order valence-corrected chi connectivity index (χ0v) is 33.5. The highest BCUT2D eigenvalue weighted by molar-refractivity contribution is 5.22. The molecule has 0 bridgehead atoms. The van der Waals surface area contributed by atoms with Gasteiger partial charge in [-0.05, 0) is 117 Å². The molecule has 0 amide bonds. The van der Waals surface area contributed by atoms with E-state index in [1.807, 2.05) is 20.8 Å². The minimum atomic E-state index is -1.66. The molecule has 6 fully saturated rings. The Hall–Kier alpha value is -0.780. The third-order valence-corrected chi connectivity index (χ3v) is 16.2. The third kappa shape index (κ3) is 6.76. The van der Waals surface area contributed by atoms with E-state index < -0.39 is 91.2 Å². The van der Waals surface area contributed by atoms with Crippen LogP contribution < -0.4 is 0 Å². The summed E-state index contributed by atoms with van der Waals surface area (Å²) in [4.78, 5) is 0. The first-order valence-electron chi connectivity index (χ1n) is 20.4. The molecular weight excluding hydrogens is 700 g/mol. The molecule has 0 aromatic rings. The van der Waals surface area contributed by atoms with Gasteiger partial charge in [0.2, 0.25) is 0 Å². The SMILES string of the molecule is CC(C)=CCC[C@](C)(O[C@H]1O[C@@H](CO[C@@H]2O[C@@H](CO)[C@H](O)[C@@H]2O)[C@H](O)[C@@H](O)[C@@H]1O)[C@@H]1CC[C@]2(C)[C@@H]1[C@H](O)C[C@@H]1[C@]3(C)CC[C@H](O)C(C)(C)[C@@H]3[C@H](O)C[C@@]12C. The van der Waals surface area contributed by atoms with E-state index >= 15 is 0 Å². The fraction of sp³-hybridized carbons (Fsp3) is 0.951. The normalized spacial score (nSPS) is 52.5. The Morgan fingerprint density at radius 2 is 1.41 bits per heavy atom. The van der Waals surface area contributed by atoms with E-state index in [-0.39, 0.29) is 46.5 Å². The summed E-state index contributed by atoms with van der Waals surface area (Å²) in [6, 6.07) is 0. The summed E-state index contributed by atoms with van der Waals surface area (Å²) >= 11 is 0. The van der Waals surface area contributed by atoms with E-state index in [1.165, 1.54) is 0 Å². The average molecular weight is 771 g/mol. The van der Waals surface area contributed by atoms with Crippen molar-refractivity contribution in [3.63, 3.8) is 0 Å². The van der Waals surface area contributed by atoms with Crippen LogP contribution in [-0.4, -0.2) is 138 Å². The molecule has 13 heteroatoms. The molecule has 6 rings (SSSR count). The van der Waals surface area contributed by atoms with Gasteiger partial charge >= 0.3 is 0 Å². The van der Waals surface area contributed by atoms with Crippen LogP contribution in [0.2, 0.25) is 0 Å². The highest BCUT2D eigenvalue weighted by atomic mass is 16.7. The topological polar surface area (TPSA) is 219 Å². The fourth-order valence-corrected chi connectivity index (χ4v) is 13.2. The second kappa shape index (κ2) is 15.1. The van der Waals surface area contributed by atoms with Crippen LogP contribution in [-0.2, 0) is 18.9 Å². The van der Waals surface area contributed by atoms with Crippen LogP contribution >= 0.6 is 0 Å². The predicted molar refractivity (Wildman–Crippen MR) is 196 cm³/mol. The van der Waals surface area contributed by atoms with Crippen molar-refractivity contribution in [2.75, 3.05) is 13.2 Å². The lowest BCUT2D eigenvalue weighted by Crippen LogP contribution is -2.70. The van der Waals surface area contributed by atoms with Crippen LogP contribution in [0.4, 0.5) is 0 Å². The molecule has 0 unspecified atom stereocenters. The number of aliphatic hydroxyl groups is 9. The molecule has 0 spiro atoms. The molecule has 4 aliphatic carbocycles. The predicted octanol–water partition coefficient (Wildman–Crippen LogP) is 1.76. The van der Waals surface area contributed by atoms with Gasteiger partial charge in [-0.1, -0.05) is 46.3 Å². The van der Waals surface area contributed by atoms with Gasteiger partial charge in [0.15, 0.2) is 12.6 Å². The summed E-state index contributed by atoms with van der Waals surface area (Å²) < 4.78 is 24.1. The second-order valence-electron chi connectivity index (χ2n) is 19.8. The summed E-state index contributed by atoms with van der Waals surface area (Å²) in [5.74, 6) is -0.397. The van der Waals surface area contributed by atoms with Crippen molar-refractivity contribution in [3.05, 3.63) is 11.6 Å². The van der Waals surface area contributed by atoms with Gasteiger partial charge in [0, 0.05) is 0 Å². The van der Waals surface area contributed by atoms with Crippen molar-refractivity contribution in [2.45, 2.75) is 186 Å². The Morgan fingerprint density at radius 3 is 2.04 bits per heavy atom. The van der Waals surface area contributed by atoms with Crippen LogP contribution in [0.15, 0.2) is 11.6 Å². The number of allylic oxidation sites excluding steroid dienone is 2. The summed E-state index contributed by atoms with van der Waals surface area (Å²) in [6.07, 6.45) is -7.06. The largest absolute Gasteiger partial charge is 0.394 e. The van der Waals surface area contributed by atoms with E-state index in [1.54, 1.807) is 0 Å². The number of rotatable bonds is 10. The first kappa shape index (κ1) is 42.8. The highest BCUT2D eigenvalue weighted by Crippen LogP contribution is 2.76. The molecule has 0 aromatic carbocycles. The molecule has 13 nitrogen and oxygen atoms in total. The van der Waals surface area contributed by atoms with Crippen molar-refractivity contribution in [3.8, 4) is 0 Å². The van der Waals surface area contributed by atoms with Crippen LogP contribution in [0.5, 0.6) is 0 Å². The maximum atomic E-state index is 12.4. The smallest absolute Gasteiger partial charge is 0.187 e. The van der Waals surface area contributed by atoms with Gasteiger partial charge in [0.25, 0.3) is 0 Å². The molecule has 20 atom stereocenters. The molecule has 312 valence electrons. The molecule has 9 N–H and O–H groups in total. The molecule has 0 radical (unpaired) electrons. The van der Waals surface area contributed by atoms with Crippen LogP contribution in [0, 0.1) is 45.3 Å². The van der Waals surface area contributed by atoms with Crippen molar-refractivity contribution in [2.24, 2.45) is 45.3 Å². The lowest BCUT2D eigenvalue weighted by Gasteiger charge is -2.71. The Kier molecular flexibility index (Phi) is 12.0. The lowest BCUT2D eigenvalue weighted by atomic mass is 9.34. The minimum absolute atomic E-state index is 0.109. The number of fused-ring (bicyclic) bond motifs is 5. The van der Waals surface area contributed by atoms with Crippen molar-refractivity contribution < 1.29 is 64.9 Å². The second-order valence-corrected chi connectivity index (χ2v) is 19.8. The van der Waals surface area contributed by atoms with Crippen molar-refractivity contribution >= 4 is 0 Å². The average Bonchev–Trinajstić information content (AvgIpc) is 3.61. The van der Waals surface area contributed by atoms with Crippen LogP contribution in [0.3, 0.4) is 0 Å². The van der Waals surface area contributed by atoms with Gasteiger partial charge in [-0.3, -0.25) is 0 Å². The van der Waals surface area contributed by atoms with E-state index in [9.17, 15) is 46.0 Å². The van der Waals surface area contributed by atoms with Gasteiger partial charge < -0.3 is 64.9 Å².